The van der Waals surface area contributed by atoms with Gasteiger partial charge in [-0.3, -0.25) is 4.98 Å². The van der Waals surface area contributed by atoms with Crippen molar-refractivity contribution in [3.8, 4) is 11.4 Å². The first-order valence-corrected chi connectivity index (χ1v) is 10.3. The van der Waals surface area contributed by atoms with Gasteiger partial charge in [0.25, 0.3) is 6.43 Å². The molecular weight excluding hydrogens is 396 g/mol. The number of fused-ring (bicyclic) bond motifs is 2. The smallest absolute Gasteiger partial charge is 0.267 e. The van der Waals surface area contributed by atoms with Crippen LogP contribution in [0.2, 0.25) is 0 Å². The van der Waals surface area contributed by atoms with Gasteiger partial charge in [0.15, 0.2) is 5.65 Å². The second-order valence-electron chi connectivity index (χ2n) is 7.46. The number of nitrogens with zero attached hydrogens (tertiary/aromatic N) is 6. The minimum absolute atomic E-state index is 0.0594. The van der Waals surface area contributed by atoms with Crippen LogP contribution in [0.3, 0.4) is 0 Å². The zero-order valence-electron chi connectivity index (χ0n) is 15.7. The van der Waals surface area contributed by atoms with Gasteiger partial charge in [-0.1, -0.05) is 0 Å². The first kappa shape index (κ1) is 18.4. The predicted octanol–water partition coefficient (Wildman–Crippen LogP) is 4.03. The number of hydrogen-bond acceptors (Lipinski definition) is 7. The molecule has 1 aliphatic rings. The van der Waals surface area contributed by atoms with E-state index in [1.165, 1.54) is 10.9 Å². The second-order valence-corrected chi connectivity index (χ2v) is 8.53. The fourth-order valence-electron chi connectivity index (χ4n) is 3.84. The summed E-state index contributed by atoms with van der Waals surface area (Å²) in [7, 11) is 0. The predicted molar refractivity (Wildman–Crippen MR) is 106 cm³/mol. The second kappa shape index (κ2) is 7.03. The van der Waals surface area contributed by atoms with Crippen molar-refractivity contribution in [2.75, 3.05) is 0 Å². The summed E-state index contributed by atoms with van der Waals surface area (Å²) in [5, 5.41) is 8.40. The molecule has 5 rings (SSSR count). The molecule has 7 nitrogen and oxygen atoms in total. The van der Waals surface area contributed by atoms with Crippen molar-refractivity contribution in [3.05, 3.63) is 34.6 Å². The Kier molecular flexibility index (Phi) is 4.47. The van der Waals surface area contributed by atoms with Gasteiger partial charge >= 0.3 is 0 Å². The lowest BCUT2D eigenvalue weighted by Crippen LogP contribution is -2.25. The number of aryl methyl sites for hydroxylation is 1. The van der Waals surface area contributed by atoms with Gasteiger partial charge in [-0.15, -0.1) is 26.2 Å². The highest BCUT2D eigenvalue weighted by atomic mass is 32.1. The highest BCUT2D eigenvalue weighted by Gasteiger charge is 2.23. The molecule has 4 heterocycles. The van der Waals surface area contributed by atoms with Crippen LogP contribution in [0.15, 0.2) is 18.3 Å². The molecule has 150 valence electrons. The first-order chi connectivity index (χ1) is 14.0. The molecule has 0 radical (unpaired) electrons. The van der Waals surface area contributed by atoms with Crippen molar-refractivity contribution >= 4 is 27.3 Å². The summed E-state index contributed by atoms with van der Waals surface area (Å²) >= 11 is 1.61. The zero-order chi connectivity index (χ0) is 20.1. The summed E-state index contributed by atoms with van der Waals surface area (Å²) in [6, 6.07) is 3.70. The molecule has 1 fully saturated rings. The quantitative estimate of drug-likeness (QED) is 0.543. The van der Waals surface area contributed by atoms with E-state index in [1.807, 2.05) is 0 Å². The average Bonchev–Trinajstić information content (AvgIpc) is 3.29. The Labute approximate surface area is 169 Å². The lowest BCUT2D eigenvalue weighted by Gasteiger charge is -2.24. The number of aromatic nitrogens is 6. The van der Waals surface area contributed by atoms with Gasteiger partial charge < -0.3 is 5.73 Å². The third-order valence-electron chi connectivity index (χ3n) is 5.38. The first-order valence-electron chi connectivity index (χ1n) is 9.53. The molecule has 4 aromatic heterocycles. The van der Waals surface area contributed by atoms with E-state index in [2.05, 4.69) is 31.2 Å². The van der Waals surface area contributed by atoms with Crippen molar-refractivity contribution in [1.82, 2.24) is 29.8 Å². The summed E-state index contributed by atoms with van der Waals surface area (Å²) in [6.45, 7) is 1.64. The van der Waals surface area contributed by atoms with Crippen LogP contribution >= 0.6 is 11.3 Å². The van der Waals surface area contributed by atoms with Crippen LogP contribution in [-0.4, -0.2) is 35.8 Å². The van der Waals surface area contributed by atoms with Gasteiger partial charge in [-0.25, -0.2) is 18.7 Å². The van der Waals surface area contributed by atoms with Crippen LogP contribution in [0.4, 0.5) is 8.78 Å². The van der Waals surface area contributed by atoms with E-state index in [0.717, 1.165) is 40.7 Å². The fraction of sp³-hybridized carbons (Fsp3) is 0.421. The third-order valence-corrected chi connectivity index (χ3v) is 6.56. The van der Waals surface area contributed by atoms with Gasteiger partial charge in [0, 0.05) is 10.9 Å². The maximum Gasteiger partial charge on any atom is 0.267 e. The molecule has 0 aliphatic heterocycles. The Morgan fingerprint density at radius 2 is 1.90 bits per heavy atom. The summed E-state index contributed by atoms with van der Waals surface area (Å²) in [4.78, 5) is 15.2. The van der Waals surface area contributed by atoms with E-state index >= 15 is 0 Å². The highest BCUT2D eigenvalue weighted by Crippen LogP contribution is 2.38. The summed E-state index contributed by atoms with van der Waals surface area (Å²) < 4.78 is 28.2. The normalized spacial score (nSPS) is 20.2. The Bertz CT molecular complexity index is 1190. The lowest BCUT2D eigenvalue weighted by atomic mass is 9.85. The van der Waals surface area contributed by atoms with Crippen molar-refractivity contribution < 1.29 is 8.78 Å². The maximum atomic E-state index is 13.5. The average molecular weight is 415 g/mol. The minimum Gasteiger partial charge on any atom is -0.328 e. The molecule has 0 saturated heterocycles. The van der Waals surface area contributed by atoms with Crippen molar-refractivity contribution in [1.29, 1.82) is 0 Å². The SMILES string of the molecule is Cc1nc2c(C(F)F)cc(-c3cnc4cc(C5CCC(N)CC5)sc4n3)nn2n1. The van der Waals surface area contributed by atoms with Crippen LogP contribution in [0, 0.1) is 6.92 Å². The van der Waals surface area contributed by atoms with Crippen LogP contribution in [0.1, 0.15) is 54.3 Å². The van der Waals surface area contributed by atoms with Gasteiger partial charge in [-0.2, -0.15) is 0 Å². The van der Waals surface area contributed by atoms with E-state index in [9.17, 15) is 8.78 Å². The van der Waals surface area contributed by atoms with E-state index < -0.39 is 6.43 Å². The number of thiophene rings is 1. The maximum absolute atomic E-state index is 13.5. The number of hydrogen-bond donors (Lipinski definition) is 1. The molecule has 0 amide bonds. The van der Waals surface area contributed by atoms with Crippen LogP contribution in [-0.2, 0) is 0 Å². The molecule has 2 N–H and O–H groups in total. The van der Waals surface area contributed by atoms with E-state index in [-0.39, 0.29) is 11.2 Å². The van der Waals surface area contributed by atoms with Crippen molar-refractivity contribution in [3.63, 3.8) is 0 Å². The van der Waals surface area contributed by atoms with Crippen molar-refractivity contribution in [2.24, 2.45) is 5.73 Å². The summed E-state index contributed by atoms with van der Waals surface area (Å²) in [6.07, 6.45) is 3.09. The molecular formula is C19H19F2N7S. The standard InChI is InChI=1S/C19H19F2N7S/c1-9-24-18-12(17(20)21)6-13(27-28(18)26-9)15-8-23-14-7-16(29-19(14)25-15)10-2-4-11(22)5-3-10/h6-8,10-11,17H,2-5,22H2,1H3. The number of alkyl halides is 2. The molecule has 29 heavy (non-hydrogen) atoms. The van der Waals surface area contributed by atoms with Gasteiger partial charge in [0.05, 0.1) is 11.8 Å². The van der Waals surface area contributed by atoms with E-state index in [0.29, 0.717) is 29.2 Å². The largest absolute Gasteiger partial charge is 0.328 e. The molecule has 1 aliphatic carbocycles. The number of halogens is 2. The topological polar surface area (TPSA) is 94.9 Å². The van der Waals surface area contributed by atoms with Gasteiger partial charge in [0.2, 0.25) is 0 Å². The van der Waals surface area contributed by atoms with Crippen LogP contribution < -0.4 is 5.73 Å². The molecule has 0 aromatic carbocycles. The van der Waals surface area contributed by atoms with E-state index in [1.54, 1.807) is 24.5 Å². The van der Waals surface area contributed by atoms with Crippen molar-refractivity contribution in [2.45, 2.75) is 51.0 Å². The fourth-order valence-corrected chi connectivity index (χ4v) is 5.00. The van der Waals surface area contributed by atoms with Crippen LogP contribution in [0.5, 0.6) is 0 Å². The third kappa shape index (κ3) is 3.36. The number of nitrogens with two attached hydrogens (primary N) is 1. The van der Waals surface area contributed by atoms with E-state index in [4.69, 9.17) is 5.73 Å². The number of rotatable bonds is 3. The van der Waals surface area contributed by atoms with Crippen LogP contribution in [0.25, 0.3) is 27.4 Å². The summed E-state index contributed by atoms with van der Waals surface area (Å²) in [5.74, 6) is 0.866. The Balaban J connectivity index is 1.55. The molecule has 1 saturated carbocycles. The molecule has 0 bridgehead atoms. The Morgan fingerprint density at radius 1 is 1.10 bits per heavy atom. The zero-order valence-corrected chi connectivity index (χ0v) is 16.5. The molecule has 4 aromatic rings. The molecule has 0 unspecified atom stereocenters. The lowest BCUT2D eigenvalue weighted by molar-refractivity contribution is 0.152. The summed E-state index contributed by atoms with van der Waals surface area (Å²) in [5.41, 5.74) is 7.41. The molecule has 10 heteroatoms. The van der Waals surface area contributed by atoms with Gasteiger partial charge in [0.1, 0.15) is 27.6 Å². The highest BCUT2D eigenvalue weighted by molar-refractivity contribution is 7.18. The monoisotopic (exact) mass is 415 g/mol. The molecule has 0 atom stereocenters. The minimum atomic E-state index is -2.69. The van der Waals surface area contributed by atoms with Gasteiger partial charge in [-0.05, 0) is 50.7 Å². The Morgan fingerprint density at radius 3 is 2.66 bits per heavy atom. The molecule has 0 spiro atoms. The Hall–Kier alpha value is -2.59.